The number of carbonyl (C=O) groups excluding carboxylic acids is 1. The highest BCUT2D eigenvalue weighted by Crippen LogP contribution is 2.28. The Bertz CT molecular complexity index is 844. The molecule has 0 fully saturated rings. The van der Waals surface area contributed by atoms with Crippen molar-refractivity contribution in [3.8, 4) is 11.5 Å². The van der Waals surface area contributed by atoms with Gasteiger partial charge in [0.1, 0.15) is 5.75 Å². The molecule has 9 nitrogen and oxygen atoms in total. The molecule has 0 radical (unpaired) electrons. The van der Waals surface area contributed by atoms with Crippen LogP contribution >= 0.6 is 0 Å². The molecule has 0 saturated carbocycles. The number of rotatable bonds is 6. The van der Waals surface area contributed by atoms with Gasteiger partial charge < -0.3 is 9.47 Å². The van der Waals surface area contributed by atoms with Crippen molar-refractivity contribution in [2.75, 3.05) is 7.11 Å². The quantitative estimate of drug-likeness (QED) is 0.259. The summed E-state index contributed by atoms with van der Waals surface area (Å²) in [6.45, 7) is 0. The Morgan fingerprint density at radius 2 is 1.72 bits per heavy atom. The molecule has 0 bridgehead atoms. The Balaban J connectivity index is 2.08. The zero-order chi connectivity index (χ0) is 18.4. The Morgan fingerprint density at radius 1 is 1.04 bits per heavy atom. The number of hydrogen-bond acceptors (Lipinski definition) is 7. The molecule has 2 aromatic carbocycles. The molecule has 0 atom stereocenters. The van der Waals surface area contributed by atoms with Crippen LogP contribution in [0.4, 0.5) is 11.4 Å². The van der Waals surface area contributed by atoms with Gasteiger partial charge in [0.2, 0.25) is 0 Å². The van der Waals surface area contributed by atoms with Crippen molar-refractivity contribution in [3.63, 3.8) is 0 Å². The van der Waals surface area contributed by atoms with Gasteiger partial charge in [-0.2, -0.15) is 0 Å². The van der Waals surface area contributed by atoms with Crippen molar-refractivity contribution in [1.29, 1.82) is 0 Å². The molecule has 0 unspecified atom stereocenters. The smallest absolute Gasteiger partial charge is 0.336 e. The lowest BCUT2D eigenvalue weighted by Gasteiger charge is -2.02. The average Bonchev–Trinajstić information content (AvgIpc) is 2.60. The number of nitro benzene ring substituents is 2. The molecular formula is C16H12N2O7. The van der Waals surface area contributed by atoms with E-state index < -0.39 is 15.8 Å². The van der Waals surface area contributed by atoms with E-state index in [0.717, 1.165) is 6.08 Å². The molecule has 2 aromatic rings. The molecule has 0 aliphatic carbocycles. The summed E-state index contributed by atoms with van der Waals surface area (Å²) in [5, 5.41) is 21.5. The van der Waals surface area contributed by atoms with Crippen LogP contribution in [0.2, 0.25) is 0 Å². The lowest BCUT2D eigenvalue weighted by atomic mass is 10.1. The lowest BCUT2D eigenvalue weighted by Crippen LogP contribution is -2.03. The predicted octanol–water partition coefficient (Wildman–Crippen LogP) is 3.13. The summed E-state index contributed by atoms with van der Waals surface area (Å²) in [4.78, 5) is 32.1. The highest BCUT2D eigenvalue weighted by Gasteiger charge is 2.14. The normalized spacial score (nSPS) is 10.4. The summed E-state index contributed by atoms with van der Waals surface area (Å²) < 4.78 is 9.87. The lowest BCUT2D eigenvalue weighted by molar-refractivity contribution is -0.385. The monoisotopic (exact) mass is 344 g/mol. The van der Waals surface area contributed by atoms with Crippen LogP contribution in [0.15, 0.2) is 48.5 Å². The van der Waals surface area contributed by atoms with Crippen molar-refractivity contribution < 1.29 is 24.1 Å². The van der Waals surface area contributed by atoms with Gasteiger partial charge in [-0.25, -0.2) is 4.79 Å². The van der Waals surface area contributed by atoms with Crippen molar-refractivity contribution in [2.24, 2.45) is 0 Å². The predicted molar refractivity (Wildman–Crippen MR) is 87.4 cm³/mol. The number of non-ortho nitro benzene ring substituents is 1. The first kappa shape index (κ1) is 17.6. The van der Waals surface area contributed by atoms with E-state index >= 15 is 0 Å². The second-order valence-corrected chi connectivity index (χ2v) is 4.69. The molecule has 128 valence electrons. The van der Waals surface area contributed by atoms with E-state index in [0.29, 0.717) is 5.56 Å². The first-order valence-corrected chi connectivity index (χ1v) is 6.87. The number of ether oxygens (including phenoxy) is 2. The number of nitro groups is 2. The van der Waals surface area contributed by atoms with Gasteiger partial charge in [-0.05, 0) is 29.8 Å². The highest BCUT2D eigenvalue weighted by molar-refractivity contribution is 5.88. The van der Waals surface area contributed by atoms with Crippen LogP contribution in [0.1, 0.15) is 5.56 Å². The minimum Gasteiger partial charge on any atom is -0.490 e. The first-order valence-electron chi connectivity index (χ1n) is 6.87. The van der Waals surface area contributed by atoms with Crippen LogP contribution in [0, 0.1) is 20.2 Å². The maximum Gasteiger partial charge on any atom is 0.336 e. The average molecular weight is 344 g/mol. The molecule has 0 saturated heterocycles. The summed E-state index contributed by atoms with van der Waals surface area (Å²) in [7, 11) is 1.32. The molecule has 0 aromatic heterocycles. The van der Waals surface area contributed by atoms with E-state index in [1.165, 1.54) is 49.6 Å². The van der Waals surface area contributed by atoms with Crippen LogP contribution < -0.4 is 9.47 Å². The summed E-state index contributed by atoms with van der Waals surface area (Å²) in [5.41, 5.74) is 0.0578. The van der Waals surface area contributed by atoms with Crippen LogP contribution in [0.25, 0.3) is 6.08 Å². The van der Waals surface area contributed by atoms with Crippen LogP contribution in [-0.4, -0.2) is 22.9 Å². The fraction of sp³-hybridized carbons (Fsp3) is 0.0625. The molecule has 0 heterocycles. The highest BCUT2D eigenvalue weighted by atomic mass is 16.6. The van der Waals surface area contributed by atoms with Crippen molar-refractivity contribution in [3.05, 3.63) is 74.3 Å². The first-order chi connectivity index (χ1) is 11.9. The van der Waals surface area contributed by atoms with E-state index in [4.69, 9.17) is 9.47 Å². The van der Waals surface area contributed by atoms with Crippen LogP contribution in [0.3, 0.4) is 0 Å². The van der Waals surface area contributed by atoms with Gasteiger partial charge in [0, 0.05) is 24.3 Å². The third kappa shape index (κ3) is 4.61. The number of benzene rings is 2. The minimum atomic E-state index is -0.729. The number of carbonyl (C=O) groups is 1. The molecular weight excluding hydrogens is 332 g/mol. The molecule has 25 heavy (non-hydrogen) atoms. The van der Waals surface area contributed by atoms with E-state index in [9.17, 15) is 25.0 Å². The van der Waals surface area contributed by atoms with E-state index in [1.807, 2.05) is 0 Å². The Morgan fingerprint density at radius 3 is 2.28 bits per heavy atom. The van der Waals surface area contributed by atoms with Gasteiger partial charge in [-0.15, -0.1) is 0 Å². The molecule has 0 spiro atoms. The number of methoxy groups -OCH3 is 1. The van der Waals surface area contributed by atoms with Crippen molar-refractivity contribution >= 4 is 23.4 Å². The summed E-state index contributed by atoms with van der Waals surface area (Å²) in [5.74, 6) is -0.483. The second-order valence-electron chi connectivity index (χ2n) is 4.69. The Hall–Kier alpha value is -3.75. The molecule has 2 rings (SSSR count). The number of esters is 1. The van der Waals surface area contributed by atoms with Gasteiger partial charge in [0.05, 0.1) is 17.0 Å². The van der Waals surface area contributed by atoms with Gasteiger partial charge in [-0.1, -0.05) is 6.07 Å². The summed E-state index contributed by atoms with van der Waals surface area (Å²) in [6.07, 6.45) is 2.44. The second kappa shape index (κ2) is 7.68. The maximum atomic E-state index is 11.7. The summed E-state index contributed by atoms with van der Waals surface area (Å²) in [6, 6.07) is 9.22. The molecule has 0 aliphatic rings. The third-order valence-electron chi connectivity index (χ3n) is 3.08. The SMILES string of the molecule is COc1ccc(/C=C/C(=O)Oc2ccc([N+](=O)[O-])cc2)cc1[N+](=O)[O-]. The van der Waals surface area contributed by atoms with Crippen molar-refractivity contribution in [2.45, 2.75) is 0 Å². The fourth-order valence-corrected chi connectivity index (χ4v) is 1.90. The zero-order valence-electron chi connectivity index (χ0n) is 12.9. The van der Waals surface area contributed by atoms with Crippen LogP contribution in [-0.2, 0) is 4.79 Å². The topological polar surface area (TPSA) is 122 Å². The largest absolute Gasteiger partial charge is 0.490 e. The van der Waals surface area contributed by atoms with E-state index in [2.05, 4.69) is 0 Å². The maximum absolute atomic E-state index is 11.7. The Labute approximate surface area is 141 Å². The zero-order valence-corrected chi connectivity index (χ0v) is 12.9. The fourth-order valence-electron chi connectivity index (χ4n) is 1.90. The molecule has 0 aliphatic heterocycles. The number of hydrogen-bond donors (Lipinski definition) is 0. The molecule has 9 heteroatoms. The van der Waals surface area contributed by atoms with E-state index in [1.54, 1.807) is 6.07 Å². The third-order valence-corrected chi connectivity index (χ3v) is 3.08. The van der Waals surface area contributed by atoms with Gasteiger partial charge in [-0.3, -0.25) is 20.2 Å². The number of nitrogens with zero attached hydrogens (tertiary/aromatic N) is 2. The Kier molecular flexibility index (Phi) is 5.41. The standard InChI is InChI=1S/C16H12N2O7/c1-24-15-8-2-11(10-14(15)18(22)23)3-9-16(19)25-13-6-4-12(5-7-13)17(20)21/h2-10H,1H3/b9-3+. The van der Waals surface area contributed by atoms with E-state index in [-0.39, 0.29) is 22.9 Å². The van der Waals surface area contributed by atoms with Gasteiger partial charge >= 0.3 is 11.7 Å². The molecule has 0 amide bonds. The minimum absolute atomic E-state index is 0.107. The van der Waals surface area contributed by atoms with Crippen LogP contribution in [0.5, 0.6) is 11.5 Å². The van der Waals surface area contributed by atoms with Gasteiger partial charge in [0.25, 0.3) is 5.69 Å². The van der Waals surface area contributed by atoms with Gasteiger partial charge in [0.15, 0.2) is 5.75 Å². The molecule has 0 N–H and O–H groups in total. The van der Waals surface area contributed by atoms with Crippen molar-refractivity contribution in [1.82, 2.24) is 0 Å². The summed E-state index contributed by atoms with van der Waals surface area (Å²) >= 11 is 0.